The fourth-order valence-corrected chi connectivity index (χ4v) is 5.29. The van der Waals surface area contributed by atoms with Gasteiger partial charge in [-0.1, -0.05) is 117 Å². The van der Waals surface area contributed by atoms with Gasteiger partial charge in [0, 0.05) is 19.3 Å². The third kappa shape index (κ3) is 35.7. The first kappa shape index (κ1) is 51.2. The molecular formula is C47H75NO7. The van der Waals surface area contributed by atoms with Crippen LogP contribution in [0.5, 0.6) is 0 Å². The summed E-state index contributed by atoms with van der Waals surface area (Å²) in [6.45, 7) is 4.31. The third-order valence-electron chi connectivity index (χ3n) is 8.47. The number of carboxylic acid groups (broad SMARTS) is 1. The SMILES string of the molecule is CC/C=C/C/C=C/C/C=C/C/C=C/C/C=C/C/C=C/CCCCCC(=O)OCC(COCCC(C(=O)[O-])[N+](C)(C)C)OC(=O)CCCC/C=C/C/C=C/CC. The number of carbonyl (C=O) groups is 3. The first-order valence-corrected chi connectivity index (χ1v) is 20.8. The molecule has 0 aromatic rings. The lowest BCUT2D eigenvalue weighted by atomic mass is 10.1. The standard InChI is InChI=1S/C47H75NO7/c1-6-8-10-12-14-16-17-18-19-20-21-22-23-24-25-26-27-28-30-31-33-35-37-45(49)54-42-43(41-53-40-39-44(47(51)52)48(3,4)5)55-46(50)38-36-34-32-29-15-13-11-9-7-2/h8-11,14-16,18-19,21-22,24-25,27-29,43-44H,6-7,12-13,17,20,23,26,30-42H2,1-5H3/b10-8+,11-9+,16-14+,19-18+,22-21+,25-24+,28-27+,29-15+. The lowest BCUT2D eigenvalue weighted by Crippen LogP contribution is -2.55. The Morgan fingerprint density at radius 3 is 1.42 bits per heavy atom. The van der Waals surface area contributed by atoms with Gasteiger partial charge in [0.15, 0.2) is 6.10 Å². The van der Waals surface area contributed by atoms with Gasteiger partial charge < -0.3 is 28.6 Å². The molecule has 0 radical (unpaired) electrons. The summed E-state index contributed by atoms with van der Waals surface area (Å²) in [6, 6.07) is -0.741. The van der Waals surface area contributed by atoms with Gasteiger partial charge in [-0.25, -0.2) is 0 Å². The Morgan fingerprint density at radius 2 is 0.964 bits per heavy atom. The Bertz CT molecular complexity index is 1220. The van der Waals surface area contributed by atoms with Gasteiger partial charge in [0.1, 0.15) is 12.6 Å². The summed E-state index contributed by atoms with van der Waals surface area (Å²) in [7, 11) is 5.36. The fraction of sp³-hybridized carbons (Fsp3) is 0.596. The maximum Gasteiger partial charge on any atom is 0.306 e. The van der Waals surface area contributed by atoms with Crippen molar-refractivity contribution in [3.8, 4) is 0 Å². The van der Waals surface area contributed by atoms with Crippen molar-refractivity contribution >= 4 is 17.9 Å². The first-order valence-electron chi connectivity index (χ1n) is 20.8. The van der Waals surface area contributed by atoms with Crippen LogP contribution in [0.3, 0.4) is 0 Å². The van der Waals surface area contributed by atoms with Gasteiger partial charge in [0.2, 0.25) is 0 Å². The molecule has 0 aromatic carbocycles. The Labute approximate surface area is 335 Å². The van der Waals surface area contributed by atoms with Gasteiger partial charge in [-0.2, -0.15) is 0 Å². The lowest BCUT2D eigenvalue weighted by Gasteiger charge is -2.34. The predicted octanol–water partition coefficient (Wildman–Crippen LogP) is 9.79. The van der Waals surface area contributed by atoms with Crippen LogP contribution < -0.4 is 5.11 Å². The number of nitrogens with zero attached hydrogens (tertiary/aromatic N) is 1. The van der Waals surface area contributed by atoms with Gasteiger partial charge in [0.25, 0.3) is 0 Å². The Morgan fingerprint density at radius 1 is 0.545 bits per heavy atom. The average Bonchev–Trinajstić information content (AvgIpc) is 3.14. The molecule has 2 unspecified atom stereocenters. The molecule has 0 aliphatic rings. The molecule has 0 rings (SSSR count). The molecule has 0 saturated heterocycles. The second-order valence-electron chi connectivity index (χ2n) is 14.5. The first-order chi connectivity index (χ1) is 26.6. The predicted molar refractivity (Wildman–Crippen MR) is 226 cm³/mol. The van der Waals surface area contributed by atoms with Crippen LogP contribution >= 0.6 is 0 Å². The highest BCUT2D eigenvalue weighted by molar-refractivity contribution is 5.70. The number of esters is 2. The van der Waals surface area contributed by atoms with E-state index in [0.717, 1.165) is 89.9 Å². The number of rotatable bonds is 35. The second-order valence-corrected chi connectivity index (χ2v) is 14.5. The molecule has 55 heavy (non-hydrogen) atoms. The van der Waals surface area contributed by atoms with Crippen molar-refractivity contribution in [1.82, 2.24) is 0 Å². The average molecular weight is 766 g/mol. The lowest BCUT2D eigenvalue weighted by molar-refractivity contribution is -0.889. The van der Waals surface area contributed by atoms with Crippen molar-refractivity contribution in [2.75, 3.05) is 41.0 Å². The van der Waals surface area contributed by atoms with Crippen LogP contribution in [-0.4, -0.2) is 75.5 Å². The summed E-state index contributed by atoms with van der Waals surface area (Å²) in [5.74, 6) is -1.84. The smallest absolute Gasteiger partial charge is 0.306 e. The molecule has 0 heterocycles. The van der Waals surface area contributed by atoms with Crippen molar-refractivity contribution in [3.63, 3.8) is 0 Å². The van der Waals surface area contributed by atoms with Crippen LogP contribution in [-0.2, 0) is 28.6 Å². The Hall–Kier alpha value is -3.75. The molecule has 0 bridgehead atoms. The minimum Gasteiger partial charge on any atom is -0.544 e. The summed E-state index contributed by atoms with van der Waals surface area (Å²) < 4.78 is 17.0. The number of hydrogen-bond donors (Lipinski definition) is 0. The maximum atomic E-state index is 12.6. The van der Waals surface area contributed by atoms with E-state index in [0.29, 0.717) is 12.8 Å². The van der Waals surface area contributed by atoms with Crippen LogP contribution in [0.2, 0.25) is 0 Å². The number of likely N-dealkylation sites (N-methyl/N-ethyl adjacent to an activating group) is 1. The van der Waals surface area contributed by atoms with Crippen LogP contribution in [0.15, 0.2) is 97.2 Å². The van der Waals surface area contributed by atoms with Crippen LogP contribution in [0, 0.1) is 0 Å². The maximum absolute atomic E-state index is 12.6. The molecule has 0 fully saturated rings. The van der Waals surface area contributed by atoms with Crippen molar-refractivity contribution in [2.24, 2.45) is 0 Å². The monoisotopic (exact) mass is 766 g/mol. The zero-order valence-corrected chi connectivity index (χ0v) is 35.0. The van der Waals surface area contributed by atoms with Gasteiger partial charge in [0.05, 0.1) is 40.3 Å². The van der Waals surface area contributed by atoms with Gasteiger partial charge in [-0.3, -0.25) is 9.59 Å². The van der Waals surface area contributed by atoms with Crippen LogP contribution in [0.4, 0.5) is 0 Å². The van der Waals surface area contributed by atoms with Crippen LogP contribution in [0.1, 0.15) is 129 Å². The topological polar surface area (TPSA) is 102 Å². The number of hydrogen-bond acceptors (Lipinski definition) is 7. The van der Waals surface area contributed by atoms with E-state index in [2.05, 4.69) is 111 Å². The zero-order chi connectivity index (χ0) is 40.7. The van der Waals surface area contributed by atoms with E-state index in [1.165, 1.54) is 0 Å². The summed E-state index contributed by atoms with van der Waals surface area (Å²) in [5, 5.41) is 11.6. The van der Waals surface area contributed by atoms with Crippen molar-refractivity contribution in [3.05, 3.63) is 97.2 Å². The highest BCUT2D eigenvalue weighted by Crippen LogP contribution is 2.11. The van der Waals surface area contributed by atoms with Gasteiger partial charge in [-0.15, -0.1) is 0 Å². The molecule has 0 saturated carbocycles. The van der Waals surface area contributed by atoms with E-state index in [9.17, 15) is 19.5 Å². The number of ether oxygens (including phenoxy) is 3. The van der Waals surface area contributed by atoms with Crippen LogP contribution in [0.25, 0.3) is 0 Å². The molecule has 0 amide bonds. The highest BCUT2D eigenvalue weighted by atomic mass is 16.6. The summed E-state index contributed by atoms with van der Waals surface area (Å²) >= 11 is 0. The van der Waals surface area contributed by atoms with Crippen molar-refractivity contribution in [2.45, 2.75) is 142 Å². The molecule has 310 valence electrons. The van der Waals surface area contributed by atoms with Crippen molar-refractivity contribution < 1.29 is 38.2 Å². The summed E-state index contributed by atoms with van der Waals surface area (Å²) in [4.78, 5) is 36.7. The van der Waals surface area contributed by atoms with E-state index < -0.39 is 18.1 Å². The molecule has 0 aliphatic carbocycles. The minimum absolute atomic E-state index is 0.00982. The summed E-state index contributed by atoms with van der Waals surface area (Å²) in [6.07, 6.45) is 48.8. The third-order valence-corrected chi connectivity index (χ3v) is 8.47. The molecule has 0 spiro atoms. The van der Waals surface area contributed by atoms with E-state index in [-0.39, 0.29) is 49.1 Å². The molecular weight excluding hydrogens is 691 g/mol. The fourth-order valence-electron chi connectivity index (χ4n) is 5.29. The van der Waals surface area contributed by atoms with E-state index in [1.54, 1.807) is 21.1 Å². The number of allylic oxidation sites excluding steroid dienone is 16. The molecule has 8 heteroatoms. The second kappa shape index (κ2) is 37.2. The molecule has 8 nitrogen and oxygen atoms in total. The van der Waals surface area contributed by atoms with Crippen molar-refractivity contribution in [1.29, 1.82) is 0 Å². The zero-order valence-electron chi connectivity index (χ0n) is 35.0. The largest absolute Gasteiger partial charge is 0.544 e. The summed E-state index contributed by atoms with van der Waals surface area (Å²) in [5.41, 5.74) is 0. The number of unbranched alkanes of at least 4 members (excludes halogenated alkanes) is 5. The molecule has 0 aliphatic heterocycles. The molecule has 0 N–H and O–H groups in total. The molecule has 0 aromatic heterocycles. The number of quaternary nitrogens is 1. The quantitative estimate of drug-likeness (QED) is 0.0274. The Balaban J connectivity index is 4.39. The molecule has 2 atom stereocenters. The number of carboxylic acids is 1. The van der Waals surface area contributed by atoms with E-state index in [4.69, 9.17) is 14.2 Å². The van der Waals surface area contributed by atoms with E-state index >= 15 is 0 Å². The number of carbonyl (C=O) groups excluding carboxylic acids is 3. The van der Waals surface area contributed by atoms with E-state index in [1.807, 2.05) is 0 Å². The highest BCUT2D eigenvalue weighted by Gasteiger charge is 2.25. The normalized spacial score (nSPS) is 14.0. The minimum atomic E-state index is -1.14. The Kier molecular flexibility index (Phi) is 34.7. The van der Waals surface area contributed by atoms with Gasteiger partial charge in [-0.05, 0) is 89.9 Å². The number of aliphatic carboxylic acids is 1. The van der Waals surface area contributed by atoms with Gasteiger partial charge >= 0.3 is 11.9 Å².